The van der Waals surface area contributed by atoms with E-state index in [-0.39, 0.29) is 10.8 Å². The minimum absolute atomic E-state index is 0.0811. The molecule has 1 aliphatic heterocycles. The number of nitrogens with zero attached hydrogens (tertiary/aromatic N) is 2. The highest BCUT2D eigenvalue weighted by Gasteiger charge is 2.20. The van der Waals surface area contributed by atoms with Crippen molar-refractivity contribution in [2.45, 2.75) is 37.5 Å². The van der Waals surface area contributed by atoms with Crippen molar-refractivity contribution in [2.24, 2.45) is 4.99 Å². The lowest BCUT2D eigenvalue weighted by atomic mass is 10.2. The Balaban J connectivity index is 1.51. The fourth-order valence-corrected chi connectivity index (χ4v) is 6.11. The Morgan fingerprint density at radius 2 is 2.00 bits per heavy atom. The highest BCUT2D eigenvalue weighted by atomic mass is 32.2. The van der Waals surface area contributed by atoms with Gasteiger partial charge in [-0.25, -0.2) is 13.4 Å². The Morgan fingerprint density at radius 3 is 2.81 bits per heavy atom. The van der Waals surface area contributed by atoms with Crippen LogP contribution in [0, 0.1) is 6.92 Å². The molecule has 0 saturated carbocycles. The molecule has 4 rings (SSSR count). The number of thiophene rings is 1. The van der Waals surface area contributed by atoms with Crippen LogP contribution in [-0.2, 0) is 10.0 Å². The molecular formula is C21H22N4O3S3. The van der Waals surface area contributed by atoms with Gasteiger partial charge in [0.1, 0.15) is 15.7 Å². The molecule has 0 unspecified atom stereocenters. The molecule has 1 aromatic carbocycles. The Kier molecular flexibility index (Phi) is 6.49. The molecule has 0 atom stereocenters. The molecule has 31 heavy (non-hydrogen) atoms. The van der Waals surface area contributed by atoms with E-state index < -0.39 is 10.0 Å². The quantitative estimate of drug-likeness (QED) is 0.560. The highest BCUT2D eigenvalue weighted by Crippen LogP contribution is 2.31. The summed E-state index contributed by atoms with van der Waals surface area (Å²) >= 11 is 2.89. The van der Waals surface area contributed by atoms with E-state index in [9.17, 15) is 13.2 Å². The Bertz CT molecular complexity index is 1210. The zero-order chi connectivity index (χ0) is 21.8. The second kappa shape index (κ2) is 9.29. The van der Waals surface area contributed by atoms with Crippen LogP contribution in [0.3, 0.4) is 0 Å². The van der Waals surface area contributed by atoms with E-state index in [1.54, 1.807) is 30.4 Å². The van der Waals surface area contributed by atoms with Crippen LogP contribution in [0.5, 0.6) is 0 Å². The average Bonchev–Trinajstić information content (AvgIpc) is 3.33. The first-order chi connectivity index (χ1) is 14.9. The van der Waals surface area contributed by atoms with Gasteiger partial charge in [0.15, 0.2) is 0 Å². The monoisotopic (exact) mass is 474 g/mol. The number of nitrogens with one attached hydrogen (secondary N) is 2. The molecule has 2 N–H and O–H groups in total. The molecule has 162 valence electrons. The van der Waals surface area contributed by atoms with Crippen LogP contribution in [0.2, 0.25) is 0 Å². The van der Waals surface area contributed by atoms with Crippen molar-refractivity contribution in [3.63, 3.8) is 0 Å². The van der Waals surface area contributed by atoms with Gasteiger partial charge in [-0.2, -0.15) is 0 Å². The minimum Gasteiger partial charge on any atom is -0.321 e. The number of amides is 1. The molecule has 3 aromatic rings. The number of carbonyl (C=O) groups is 1. The third-order valence-electron chi connectivity index (χ3n) is 4.76. The number of hydrogen-bond donors (Lipinski definition) is 2. The van der Waals surface area contributed by atoms with Crippen molar-refractivity contribution in [1.29, 1.82) is 0 Å². The normalized spacial score (nSPS) is 14.5. The lowest BCUT2D eigenvalue weighted by molar-refractivity contribution is 0.102. The van der Waals surface area contributed by atoms with Gasteiger partial charge in [-0.1, -0.05) is 18.6 Å². The van der Waals surface area contributed by atoms with Crippen molar-refractivity contribution >= 4 is 50.1 Å². The van der Waals surface area contributed by atoms with E-state index in [0.29, 0.717) is 35.1 Å². The van der Waals surface area contributed by atoms with E-state index in [1.807, 2.05) is 17.5 Å². The topological polar surface area (TPSA) is 101 Å². The summed E-state index contributed by atoms with van der Waals surface area (Å²) in [7, 11) is -3.77. The molecule has 1 amide bonds. The van der Waals surface area contributed by atoms with Crippen molar-refractivity contribution in [3.05, 3.63) is 52.3 Å². The Labute approximate surface area is 189 Å². The van der Waals surface area contributed by atoms with Gasteiger partial charge in [0.2, 0.25) is 0 Å². The van der Waals surface area contributed by atoms with Gasteiger partial charge in [-0.05, 0) is 49.4 Å². The average molecular weight is 475 g/mol. The number of anilines is 1. The molecule has 3 heterocycles. The van der Waals surface area contributed by atoms with Crippen molar-refractivity contribution < 1.29 is 13.2 Å². The first kappa shape index (κ1) is 21.7. The molecule has 0 aliphatic carbocycles. The standard InChI is InChI=1S/C21H22N4O3S3/c1-14-19(30-21(23-14)17-9-6-12-29-17)20(26)24-15-7-5-8-16(13-15)31(27,28)25-18-10-3-2-4-11-22-18/h5-9,12-13H,2-4,10-11H2,1H3,(H,22,25)(H,24,26). The van der Waals surface area contributed by atoms with Crippen molar-refractivity contribution in [1.82, 2.24) is 9.71 Å². The van der Waals surface area contributed by atoms with Crippen LogP contribution in [0.15, 0.2) is 51.7 Å². The molecule has 1 aliphatic rings. The fraction of sp³-hybridized carbons (Fsp3) is 0.286. The Morgan fingerprint density at radius 1 is 1.13 bits per heavy atom. The first-order valence-corrected chi connectivity index (χ1v) is 13.1. The SMILES string of the molecule is Cc1nc(-c2cccs2)sc1C(=O)Nc1cccc(S(=O)(=O)NC2=NCCCCC2)c1. The maximum atomic E-state index is 12.8. The van der Waals surface area contributed by atoms with Crippen LogP contribution in [0.25, 0.3) is 9.88 Å². The predicted octanol–water partition coefficient (Wildman–Crippen LogP) is 4.68. The first-order valence-electron chi connectivity index (χ1n) is 9.91. The van der Waals surface area contributed by atoms with Gasteiger partial charge in [-0.15, -0.1) is 22.7 Å². The largest absolute Gasteiger partial charge is 0.321 e. The van der Waals surface area contributed by atoms with Crippen LogP contribution < -0.4 is 10.0 Å². The van der Waals surface area contributed by atoms with Gasteiger partial charge in [-0.3, -0.25) is 14.5 Å². The maximum Gasteiger partial charge on any atom is 0.267 e. The minimum atomic E-state index is -3.77. The molecular weight excluding hydrogens is 452 g/mol. The molecule has 0 radical (unpaired) electrons. The van der Waals surface area contributed by atoms with Crippen molar-refractivity contribution in [3.8, 4) is 9.88 Å². The number of aromatic nitrogens is 1. The summed E-state index contributed by atoms with van der Waals surface area (Å²) in [6.07, 6.45) is 3.55. The van der Waals surface area contributed by atoms with Gasteiger partial charge in [0, 0.05) is 18.7 Å². The van der Waals surface area contributed by atoms with Gasteiger partial charge in [0.25, 0.3) is 15.9 Å². The van der Waals surface area contributed by atoms with Crippen LogP contribution in [0.1, 0.15) is 41.0 Å². The highest BCUT2D eigenvalue weighted by molar-refractivity contribution is 7.90. The second-order valence-corrected chi connectivity index (χ2v) is 10.8. The number of aliphatic imine (C=N–C) groups is 1. The number of carbonyl (C=O) groups excluding carboxylic acids is 1. The maximum absolute atomic E-state index is 12.8. The smallest absolute Gasteiger partial charge is 0.267 e. The van der Waals surface area contributed by atoms with E-state index >= 15 is 0 Å². The summed E-state index contributed by atoms with van der Waals surface area (Å²) in [6.45, 7) is 2.43. The van der Waals surface area contributed by atoms with E-state index in [0.717, 1.165) is 29.1 Å². The second-order valence-electron chi connectivity index (χ2n) is 7.14. The molecule has 0 bridgehead atoms. The number of sulfonamides is 1. The summed E-state index contributed by atoms with van der Waals surface area (Å²) in [4.78, 5) is 23.2. The van der Waals surface area contributed by atoms with E-state index in [4.69, 9.17) is 0 Å². The zero-order valence-electron chi connectivity index (χ0n) is 16.9. The van der Waals surface area contributed by atoms with Crippen molar-refractivity contribution in [2.75, 3.05) is 11.9 Å². The molecule has 2 aromatic heterocycles. The Hall–Kier alpha value is -2.56. The lowest BCUT2D eigenvalue weighted by Gasteiger charge is -2.11. The van der Waals surface area contributed by atoms with Crippen LogP contribution >= 0.6 is 22.7 Å². The summed E-state index contributed by atoms with van der Waals surface area (Å²) in [6, 6.07) is 10.1. The molecule has 10 heteroatoms. The van der Waals surface area contributed by atoms with Crippen LogP contribution in [-0.4, -0.2) is 31.7 Å². The fourth-order valence-electron chi connectivity index (χ4n) is 3.21. The van der Waals surface area contributed by atoms with Gasteiger partial charge in [0.05, 0.1) is 15.5 Å². The summed E-state index contributed by atoms with van der Waals surface area (Å²) < 4.78 is 28.2. The lowest BCUT2D eigenvalue weighted by Crippen LogP contribution is -2.30. The number of amidine groups is 1. The summed E-state index contributed by atoms with van der Waals surface area (Å²) in [5.74, 6) is 0.182. The molecule has 0 fully saturated rings. The van der Waals surface area contributed by atoms with E-state index in [1.165, 1.54) is 23.5 Å². The third-order valence-corrected chi connectivity index (χ3v) is 8.34. The van der Waals surface area contributed by atoms with Crippen LogP contribution in [0.4, 0.5) is 5.69 Å². The van der Waals surface area contributed by atoms with Gasteiger partial charge >= 0.3 is 0 Å². The number of aryl methyl sites for hydroxylation is 1. The zero-order valence-corrected chi connectivity index (χ0v) is 19.4. The summed E-state index contributed by atoms with van der Waals surface area (Å²) in [5.41, 5.74) is 1.05. The van der Waals surface area contributed by atoms with E-state index in [2.05, 4.69) is 20.0 Å². The number of thiazole rings is 1. The molecule has 0 saturated heterocycles. The predicted molar refractivity (Wildman–Crippen MR) is 126 cm³/mol. The number of benzene rings is 1. The number of hydrogen-bond acceptors (Lipinski definition) is 7. The summed E-state index contributed by atoms with van der Waals surface area (Å²) in [5, 5.41) is 5.55. The van der Waals surface area contributed by atoms with Gasteiger partial charge < -0.3 is 5.32 Å². The molecule has 0 spiro atoms. The number of rotatable bonds is 5. The third kappa shape index (κ3) is 5.20. The molecule has 7 nitrogen and oxygen atoms in total.